The summed E-state index contributed by atoms with van der Waals surface area (Å²) in [5.74, 6) is -1.99. The molecule has 1 aliphatic carbocycles. The largest absolute Gasteiger partial charge is 0.495 e. The molecule has 4 saturated heterocycles. The second-order valence-corrected chi connectivity index (χ2v) is 15.3. The van der Waals surface area contributed by atoms with Gasteiger partial charge >= 0.3 is 6.11 Å². The maximum atomic E-state index is 15.2. The number of nitrogens with zero attached hydrogens (tertiary/aromatic N) is 7. The predicted molar refractivity (Wildman–Crippen MR) is 168 cm³/mol. The number of carbonyl (C=O) groups is 1. The fourth-order valence-electron chi connectivity index (χ4n) is 8.18. The number of methoxy groups -OCH3 is 1. The normalized spacial score (nSPS) is 28.0. The first kappa shape index (κ1) is 32.6. The average molecular weight is 682 g/mol. The van der Waals surface area contributed by atoms with Crippen LogP contribution in [0.1, 0.15) is 25.3 Å². The third-order valence-corrected chi connectivity index (χ3v) is 12.1. The minimum atomic E-state index is -4.59. The van der Waals surface area contributed by atoms with E-state index < -0.39 is 45.4 Å². The number of aromatic nitrogens is 2. The van der Waals surface area contributed by atoms with E-state index in [1.54, 1.807) is 6.08 Å². The molecule has 5 aliphatic rings. The summed E-state index contributed by atoms with van der Waals surface area (Å²) in [5.41, 5.74) is -1.77. The molecule has 7 rings (SSSR count). The van der Waals surface area contributed by atoms with Crippen molar-refractivity contribution < 1.29 is 31.5 Å². The van der Waals surface area contributed by atoms with Gasteiger partial charge in [-0.1, -0.05) is 12.2 Å². The summed E-state index contributed by atoms with van der Waals surface area (Å²) < 4.78 is 68.6. The van der Waals surface area contributed by atoms with Crippen molar-refractivity contribution in [1.29, 1.82) is 5.26 Å². The first-order valence-electron chi connectivity index (χ1n) is 15.9. The number of pyridine rings is 2. The number of sulfonamides is 1. The van der Waals surface area contributed by atoms with Crippen LogP contribution >= 0.6 is 0 Å². The van der Waals surface area contributed by atoms with Gasteiger partial charge in [0.25, 0.3) is 15.9 Å². The van der Waals surface area contributed by atoms with Crippen LogP contribution in [-0.4, -0.2) is 115 Å². The lowest BCUT2D eigenvalue weighted by Gasteiger charge is -2.66. The number of hydrogen-bond acceptors (Lipinski definition) is 11. The number of carbonyl (C=O) groups excluding carboxylic acids is 1. The van der Waals surface area contributed by atoms with E-state index >= 15 is 4.79 Å². The Morgan fingerprint density at radius 2 is 1.83 bits per heavy atom. The molecule has 0 saturated carbocycles. The van der Waals surface area contributed by atoms with E-state index in [-0.39, 0.29) is 21.6 Å². The maximum Gasteiger partial charge on any atom is 0.396 e. The Bertz CT molecular complexity index is 1800. The van der Waals surface area contributed by atoms with Crippen molar-refractivity contribution in [3.63, 3.8) is 0 Å². The summed E-state index contributed by atoms with van der Waals surface area (Å²) in [6.07, 6.45) is 5.57. The lowest BCUT2D eigenvalue weighted by atomic mass is 9.65. The first-order valence-corrected chi connectivity index (χ1v) is 17.3. The number of alkyl halides is 2. The van der Waals surface area contributed by atoms with Gasteiger partial charge in [-0.25, -0.2) is 14.3 Å². The highest BCUT2D eigenvalue weighted by Gasteiger charge is 2.70. The number of allylic oxidation sites excluding steroid dienone is 2. The maximum absolute atomic E-state index is 15.2. The molecule has 48 heavy (non-hydrogen) atoms. The van der Waals surface area contributed by atoms with Gasteiger partial charge in [-0.2, -0.15) is 22.5 Å². The van der Waals surface area contributed by atoms with E-state index in [4.69, 9.17) is 9.47 Å². The summed E-state index contributed by atoms with van der Waals surface area (Å²) in [6, 6.07) is 7.16. The topological polar surface area (TPSA) is 132 Å². The lowest BCUT2D eigenvalue weighted by Crippen LogP contribution is -2.78. The van der Waals surface area contributed by atoms with Crippen LogP contribution in [0.4, 0.5) is 8.78 Å². The van der Waals surface area contributed by atoms with Crippen molar-refractivity contribution in [3.8, 4) is 17.7 Å². The molecule has 2 aromatic heterocycles. The predicted octanol–water partition coefficient (Wildman–Crippen LogP) is 2.62. The van der Waals surface area contributed by atoms with Gasteiger partial charge in [-0.15, -0.1) is 0 Å². The molecule has 0 radical (unpaired) electrons. The van der Waals surface area contributed by atoms with Gasteiger partial charge in [-0.05, 0) is 63.3 Å². The summed E-state index contributed by atoms with van der Waals surface area (Å²) in [6.45, 7) is 5.09. The standard InChI is InChI=1S/C33H37F2N7O5S/c1-31(34,35)47-29-25(5-4-12-37-29)33(41-20-32(21-41)18-40(19-32)23-10-13-39(2)14-11-23)26-15-22(16-36)6-8-27(26)42(30(33)43)48(44,45)28-9-7-24(46-3)17-38-28/h4-9,12,15,17,23,26-27H,10-11,13-14,18-21H2,1-3H3. The van der Waals surface area contributed by atoms with Gasteiger partial charge < -0.3 is 14.4 Å². The third-order valence-electron chi connectivity index (χ3n) is 10.4. The van der Waals surface area contributed by atoms with Crippen molar-refractivity contribution in [1.82, 2.24) is 29.0 Å². The number of rotatable bonds is 8. The van der Waals surface area contributed by atoms with E-state index in [2.05, 4.69) is 32.9 Å². The summed E-state index contributed by atoms with van der Waals surface area (Å²) >= 11 is 0. The van der Waals surface area contributed by atoms with Crippen LogP contribution in [0.2, 0.25) is 0 Å². The molecule has 1 amide bonds. The van der Waals surface area contributed by atoms with E-state index in [1.165, 1.54) is 55.9 Å². The molecule has 0 aromatic carbocycles. The van der Waals surface area contributed by atoms with Gasteiger partial charge in [-0.3, -0.25) is 14.6 Å². The number of nitriles is 1. The molecule has 12 nitrogen and oxygen atoms in total. The van der Waals surface area contributed by atoms with Gasteiger partial charge in [0, 0.05) is 67.8 Å². The minimum absolute atomic E-state index is 0.0112. The van der Waals surface area contributed by atoms with Crippen molar-refractivity contribution in [2.45, 2.75) is 48.5 Å². The van der Waals surface area contributed by atoms with Crippen molar-refractivity contribution in [2.24, 2.45) is 11.3 Å². The van der Waals surface area contributed by atoms with Crippen LogP contribution in [0.5, 0.6) is 11.6 Å². The fourth-order valence-corrected chi connectivity index (χ4v) is 9.69. The van der Waals surface area contributed by atoms with Crippen LogP contribution in [0.25, 0.3) is 0 Å². The molecule has 4 fully saturated rings. The zero-order valence-electron chi connectivity index (χ0n) is 26.9. The molecule has 3 atom stereocenters. The lowest BCUT2D eigenvalue weighted by molar-refractivity contribution is -0.185. The Morgan fingerprint density at radius 1 is 1.10 bits per heavy atom. The monoisotopic (exact) mass is 681 g/mol. The third kappa shape index (κ3) is 5.17. The highest BCUT2D eigenvalue weighted by molar-refractivity contribution is 7.89. The first-order chi connectivity index (χ1) is 22.8. The number of amides is 1. The number of likely N-dealkylation sites (tertiary alicyclic amines) is 3. The van der Waals surface area contributed by atoms with Gasteiger partial charge in [0.1, 0.15) is 11.3 Å². The number of hydrogen-bond donors (Lipinski definition) is 0. The van der Waals surface area contributed by atoms with E-state index in [0.717, 1.165) is 43.3 Å². The number of piperidine rings is 1. The molecule has 15 heteroatoms. The van der Waals surface area contributed by atoms with Crippen molar-refractivity contribution >= 4 is 15.9 Å². The van der Waals surface area contributed by atoms with Crippen LogP contribution in [0.3, 0.4) is 0 Å². The molecule has 254 valence electrons. The second kappa shape index (κ2) is 11.6. The number of fused-ring (bicyclic) bond motifs is 1. The Morgan fingerprint density at radius 3 is 2.46 bits per heavy atom. The van der Waals surface area contributed by atoms with Gasteiger partial charge in [0.2, 0.25) is 5.88 Å². The number of ether oxygens (including phenoxy) is 2. The summed E-state index contributed by atoms with van der Waals surface area (Å²) in [5, 5.41) is 9.54. The van der Waals surface area contributed by atoms with Crippen LogP contribution < -0.4 is 9.47 Å². The van der Waals surface area contributed by atoms with E-state index in [9.17, 15) is 22.5 Å². The van der Waals surface area contributed by atoms with Gasteiger partial charge in [0.15, 0.2) is 5.03 Å². The van der Waals surface area contributed by atoms with Crippen LogP contribution in [0, 0.1) is 22.7 Å². The van der Waals surface area contributed by atoms with Gasteiger partial charge in [0.05, 0.1) is 25.4 Å². The number of halogens is 2. The Kier molecular flexibility index (Phi) is 7.86. The van der Waals surface area contributed by atoms with E-state index in [1.807, 2.05) is 4.90 Å². The molecule has 1 spiro atoms. The molecule has 4 aliphatic heterocycles. The van der Waals surface area contributed by atoms with Crippen molar-refractivity contribution in [2.75, 3.05) is 53.4 Å². The molecule has 3 unspecified atom stereocenters. The fraction of sp³-hybridized carbons (Fsp3) is 0.515. The average Bonchev–Trinajstić information content (AvgIpc) is 3.28. The SMILES string of the molecule is COc1ccc(S(=O)(=O)N2C(=O)C(c3cccnc3OC(C)(F)F)(N3CC4(CN(C5CCN(C)CC5)C4)C3)C3C=C(C#N)C=CC32)nc1. The Labute approximate surface area is 278 Å². The molecular formula is C33H37F2N7O5S. The van der Waals surface area contributed by atoms with Crippen molar-refractivity contribution in [3.05, 3.63) is 66.0 Å². The summed E-state index contributed by atoms with van der Waals surface area (Å²) in [4.78, 5) is 30.0. The Hall–Kier alpha value is -3.97. The van der Waals surface area contributed by atoms with Crippen LogP contribution in [0.15, 0.2) is 65.5 Å². The molecule has 2 aromatic rings. The summed E-state index contributed by atoms with van der Waals surface area (Å²) in [7, 11) is -1.06. The highest BCUT2D eigenvalue weighted by Crippen LogP contribution is 2.58. The molecule has 0 bridgehead atoms. The quantitative estimate of drug-likeness (QED) is 0.408. The highest BCUT2D eigenvalue weighted by atomic mass is 32.2. The zero-order valence-corrected chi connectivity index (χ0v) is 27.7. The molecular weight excluding hydrogens is 644 g/mol. The zero-order chi connectivity index (χ0) is 34.1. The minimum Gasteiger partial charge on any atom is -0.495 e. The molecule has 6 heterocycles. The van der Waals surface area contributed by atoms with Crippen LogP contribution in [-0.2, 0) is 20.4 Å². The Balaban J connectivity index is 1.32. The smallest absolute Gasteiger partial charge is 0.396 e. The second-order valence-electron chi connectivity index (χ2n) is 13.6. The van der Waals surface area contributed by atoms with E-state index in [0.29, 0.717) is 31.8 Å². The molecule has 0 N–H and O–H groups in total.